The monoisotopic (exact) mass is 681 g/mol. The Labute approximate surface area is 289 Å². The number of fused-ring (bicyclic) bond motifs is 1. The molecule has 2 aliphatic rings. The van der Waals surface area contributed by atoms with Crippen LogP contribution in [0.5, 0.6) is 0 Å². The molecule has 0 aliphatic carbocycles. The largest absolute Gasteiger partial charge is 0.465 e. The van der Waals surface area contributed by atoms with E-state index in [1.807, 2.05) is 60.7 Å². The average Bonchev–Trinajstić information content (AvgIpc) is 3.92. The van der Waals surface area contributed by atoms with E-state index in [0.29, 0.717) is 49.8 Å². The predicted molar refractivity (Wildman–Crippen MR) is 182 cm³/mol. The second kappa shape index (κ2) is 15.7. The van der Waals surface area contributed by atoms with E-state index >= 15 is 0 Å². The first kappa shape index (κ1) is 34.2. The van der Waals surface area contributed by atoms with Gasteiger partial charge in [-0.05, 0) is 55.9 Å². The van der Waals surface area contributed by atoms with Crippen molar-refractivity contribution in [3.8, 4) is 0 Å². The number of amides is 3. The van der Waals surface area contributed by atoms with Crippen molar-refractivity contribution in [2.24, 2.45) is 0 Å². The van der Waals surface area contributed by atoms with Gasteiger partial charge in [-0.25, -0.2) is 9.59 Å². The van der Waals surface area contributed by atoms with Gasteiger partial charge in [-0.2, -0.15) is 0 Å². The molecule has 0 saturated carbocycles. The third kappa shape index (κ3) is 7.46. The molecule has 2 aromatic heterocycles. The first-order valence-corrected chi connectivity index (χ1v) is 16.8. The molecule has 4 aromatic rings. The Bertz CT molecular complexity index is 1850. The molecular weight excluding hydrogens is 642 g/mol. The minimum absolute atomic E-state index is 0.0428. The van der Waals surface area contributed by atoms with Crippen LogP contribution in [0.25, 0.3) is 11.0 Å². The summed E-state index contributed by atoms with van der Waals surface area (Å²) in [5, 5.41) is 0. The van der Waals surface area contributed by atoms with Crippen molar-refractivity contribution in [2.45, 2.75) is 57.9 Å². The fourth-order valence-electron chi connectivity index (χ4n) is 6.47. The van der Waals surface area contributed by atoms with E-state index in [1.54, 1.807) is 19.1 Å². The number of anilines is 1. The van der Waals surface area contributed by atoms with Gasteiger partial charge in [0.05, 0.1) is 17.8 Å². The van der Waals surface area contributed by atoms with Crippen LogP contribution in [0, 0.1) is 0 Å². The second-order valence-electron chi connectivity index (χ2n) is 12.1. The van der Waals surface area contributed by atoms with E-state index in [9.17, 15) is 24.0 Å². The summed E-state index contributed by atoms with van der Waals surface area (Å²) in [6, 6.07) is 20.1. The van der Waals surface area contributed by atoms with Crippen LogP contribution in [0.2, 0.25) is 0 Å². The van der Waals surface area contributed by atoms with Crippen LogP contribution < -0.4 is 4.90 Å². The molecule has 6 rings (SSSR count). The van der Waals surface area contributed by atoms with E-state index < -0.39 is 48.6 Å². The molecule has 0 bridgehead atoms. The third-order valence-corrected chi connectivity index (χ3v) is 8.88. The summed E-state index contributed by atoms with van der Waals surface area (Å²) in [5.74, 6) is -1.60. The maximum Gasteiger partial charge on any atom is 0.410 e. The van der Waals surface area contributed by atoms with E-state index in [1.165, 1.54) is 31.7 Å². The SMILES string of the molecule is CCOC(=O)CN(C(=O)C1CCCN1C(=O)OCc1ccccc1)c1cn(C(=O)C2CCCN2C(=O)OCc2ccccc2)c2cccnc12. The van der Waals surface area contributed by atoms with Crippen molar-refractivity contribution in [2.75, 3.05) is 31.1 Å². The van der Waals surface area contributed by atoms with E-state index in [4.69, 9.17) is 14.2 Å². The Morgan fingerprint density at radius 2 is 1.34 bits per heavy atom. The zero-order valence-electron chi connectivity index (χ0n) is 27.8. The number of benzene rings is 2. The number of nitrogens with zero attached hydrogens (tertiary/aromatic N) is 5. The normalized spacial score (nSPS) is 17.1. The number of aromatic nitrogens is 2. The molecule has 2 atom stereocenters. The van der Waals surface area contributed by atoms with Gasteiger partial charge in [0.2, 0.25) is 0 Å². The Balaban J connectivity index is 1.26. The molecule has 50 heavy (non-hydrogen) atoms. The average molecular weight is 682 g/mol. The van der Waals surface area contributed by atoms with Crippen molar-refractivity contribution in [1.29, 1.82) is 0 Å². The van der Waals surface area contributed by atoms with E-state index in [0.717, 1.165) is 11.1 Å². The van der Waals surface area contributed by atoms with Crippen molar-refractivity contribution >= 4 is 46.7 Å². The molecule has 0 radical (unpaired) electrons. The molecule has 0 N–H and O–H groups in total. The number of carbonyl (C=O) groups is 5. The van der Waals surface area contributed by atoms with Crippen LogP contribution >= 0.6 is 0 Å². The number of carbonyl (C=O) groups excluding carboxylic acids is 5. The lowest BCUT2D eigenvalue weighted by molar-refractivity contribution is -0.142. The second-order valence-corrected chi connectivity index (χ2v) is 12.1. The highest BCUT2D eigenvalue weighted by atomic mass is 16.6. The van der Waals surface area contributed by atoms with Crippen molar-refractivity contribution < 1.29 is 38.2 Å². The summed E-state index contributed by atoms with van der Waals surface area (Å²) in [5.41, 5.74) is 2.52. The Kier molecular flexibility index (Phi) is 10.7. The molecule has 4 heterocycles. The number of hydrogen-bond acceptors (Lipinski definition) is 9. The molecule has 2 fully saturated rings. The Morgan fingerprint density at radius 1 is 0.760 bits per heavy atom. The fourth-order valence-corrected chi connectivity index (χ4v) is 6.47. The highest BCUT2D eigenvalue weighted by Crippen LogP contribution is 2.32. The summed E-state index contributed by atoms with van der Waals surface area (Å²) in [7, 11) is 0. The number of rotatable bonds is 10. The highest BCUT2D eigenvalue weighted by Gasteiger charge is 2.41. The van der Waals surface area contributed by atoms with Gasteiger partial charge in [-0.15, -0.1) is 0 Å². The lowest BCUT2D eigenvalue weighted by Crippen LogP contribution is -2.49. The van der Waals surface area contributed by atoms with Crippen LogP contribution in [-0.2, 0) is 37.0 Å². The van der Waals surface area contributed by atoms with Crippen LogP contribution in [-0.4, -0.2) is 87.6 Å². The Hall–Kier alpha value is -5.72. The van der Waals surface area contributed by atoms with Gasteiger partial charge in [-0.1, -0.05) is 60.7 Å². The Morgan fingerprint density at radius 3 is 1.94 bits per heavy atom. The van der Waals surface area contributed by atoms with E-state index in [2.05, 4.69) is 4.98 Å². The molecular formula is C37H39N5O8. The standard InChI is InChI=1S/C37H39N5O8/c1-2-48-32(43)23-42(35(45)30-18-11-21-40(30)37(47)50-25-27-14-7-4-8-15-27)31-22-41(28-16-9-19-38-33(28)31)34(44)29-17-10-20-39(29)36(46)49-24-26-12-5-3-6-13-26/h3-9,12-16,19,22,29-30H,2,10-11,17-18,20-21,23-25H2,1H3. The van der Waals surface area contributed by atoms with Gasteiger partial charge in [0.15, 0.2) is 0 Å². The molecule has 13 heteroatoms. The molecule has 2 unspecified atom stereocenters. The fraction of sp³-hybridized carbons (Fsp3) is 0.351. The summed E-state index contributed by atoms with van der Waals surface area (Å²) < 4.78 is 17.7. The molecule has 2 aromatic carbocycles. The maximum atomic E-state index is 14.4. The van der Waals surface area contributed by atoms with Crippen molar-refractivity contribution in [1.82, 2.24) is 19.4 Å². The van der Waals surface area contributed by atoms with Crippen LogP contribution in [0.4, 0.5) is 15.3 Å². The number of hydrogen-bond donors (Lipinski definition) is 0. The number of likely N-dealkylation sites (tertiary alicyclic amines) is 2. The smallest absolute Gasteiger partial charge is 0.410 e. The topological polar surface area (TPSA) is 141 Å². The molecule has 2 aliphatic heterocycles. The lowest BCUT2D eigenvalue weighted by atomic mass is 10.1. The number of ether oxygens (including phenoxy) is 3. The first-order valence-electron chi connectivity index (χ1n) is 16.8. The van der Waals surface area contributed by atoms with Gasteiger partial charge in [-0.3, -0.25) is 38.6 Å². The van der Waals surface area contributed by atoms with Gasteiger partial charge in [0.1, 0.15) is 37.4 Å². The molecule has 260 valence electrons. The van der Waals surface area contributed by atoms with Crippen molar-refractivity contribution in [3.63, 3.8) is 0 Å². The van der Waals surface area contributed by atoms with Crippen LogP contribution in [0.1, 0.15) is 48.5 Å². The minimum Gasteiger partial charge on any atom is -0.465 e. The predicted octanol–water partition coefficient (Wildman–Crippen LogP) is 5.18. The minimum atomic E-state index is -0.921. The molecule has 0 spiro atoms. The number of pyridine rings is 1. The zero-order chi connectivity index (χ0) is 35.0. The van der Waals surface area contributed by atoms with Crippen LogP contribution in [0.15, 0.2) is 85.2 Å². The quantitative estimate of drug-likeness (QED) is 0.164. The van der Waals surface area contributed by atoms with Crippen molar-refractivity contribution in [3.05, 3.63) is 96.3 Å². The van der Waals surface area contributed by atoms with Gasteiger partial charge in [0, 0.05) is 25.5 Å². The molecule has 2 saturated heterocycles. The van der Waals surface area contributed by atoms with Gasteiger partial charge < -0.3 is 14.2 Å². The zero-order valence-corrected chi connectivity index (χ0v) is 27.8. The highest BCUT2D eigenvalue weighted by molar-refractivity contribution is 6.09. The summed E-state index contributed by atoms with van der Waals surface area (Å²) in [6.45, 7) is 2.05. The van der Waals surface area contributed by atoms with Gasteiger partial charge >= 0.3 is 18.2 Å². The molecule has 3 amide bonds. The molecule has 13 nitrogen and oxygen atoms in total. The van der Waals surface area contributed by atoms with Gasteiger partial charge in [0.25, 0.3) is 11.8 Å². The summed E-state index contributed by atoms with van der Waals surface area (Å²) in [6.07, 6.45) is 3.69. The summed E-state index contributed by atoms with van der Waals surface area (Å²) in [4.78, 5) is 76.4. The maximum absolute atomic E-state index is 14.4. The summed E-state index contributed by atoms with van der Waals surface area (Å²) >= 11 is 0. The van der Waals surface area contributed by atoms with Crippen LogP contribution in [0.3, 0.4) is 0 Å². The van der Waals surface area contributed by atoms with E-state index in [-0.39, 0.29) is 25.5 Å². The first-order chi connectivity index (χ1) is 24.4. The third-order valence-electron chi connectivity index (χ3n) is 8.88. The number of esters is 1. The lowest BCUT2D eigenvalue weighted by Gasteiger charge is -2.29.